The van der Waals surface area contributed by atoms with Gasteiger partial charge in [0.1, 0.15) is 0 Å². The average molecular weight is 243 g/mol. The van der Waals surface area contributed by atoms with Gasteiger partial charge in [0.2, 0.25) is 0 Å². The zero-order valence-corrected chi connectivity index (χ0v) is 11.6. The lowest BCUT2D eigenvalue weighted by Crippen LogP contribution is -2.46. The van der Waals surface area contributed by atoms with E-state index in [1.807, 2.05) is 0 Å². The number of hydrogen-bond acceptors (Lipinski definition) is 2. The molecule has 0 amide bonds. The van der Waals surface area contributed by atoms with Crippen LogP contribution >= 0.6 is 12.2 Å². The van der Waals surface area contributed by atoms with Crippen molar-refractivity contribution in [2.45, 2.75) is 51.1 Å². The van der Waals surface area contributed by atoms with Crippen LogP contribution in [0.2, 0.25) is 0 Å². The molecule has 1 unspecified atom stereocenters. The molecule has 0 aliphatic heterocycles. The number of rotatable bonds is 4. The Balaban J connectivity index is 2.14. The van der Waals surface area contributed by atoms with Crippen molar-refractivity contribution in [3.05, 3.63) is 0 Å². The molecule has 0 bridgehead atoms. The second-order valence-electron chi connectivity index (χ2n) is 5.00. The van der Waals surface area contributed by atoms with Gasteiger partial charge in [0.25, 0.3) is 0 Å². The van der Waals surface area contributed by atoms with E-state index in [0.717, 1.165) is 11.7 Å². The third-order valence-corrected chi connectivity index (χ3v) is 3.64. The molecule has 16 heavy (non-hydrogen) atoms. The Kier molecular flexibility index (Phi) is 6.06. The monoisotopic (exact) mass is 243 g/mol. The van der Waals surface area contributed by atoms with E-state index in [1.165, 1.54) is 32.1 Å². The second-order valence-corrected chi connectivity index (χ2v) is 5.41. The van der Waals surface area contributed by atoms with Gasteiger partial charge >= 0.3 is 0 Å². The maximum atomic E-state index is 5.30. The van der Waals surface area contributed by atoms with Crippen molar-refractivity contribution in [3.8, 4) is 0 Å². The predicted molar refractivity (Wildman–Crippen MR) is 73.8 cm³/mol. The summed E-state index contributed by atoms with van der Waals surface area (Å²) >= 11 is 5.30. The standard InChI is InChI=1S/C12H25N3S/c1-10(15(2)3)9-13-12(16)14-11-7-5-4-6-8-11/h10-11H,4-9H2,1-3H3,(H2,13,14,16). The number of thiocarbonyl (C=S) groups is 1. The maximum Gasteiger partial charge on any atom is 0.166 e. The van der Waals surface area contributed by atoms with Crippen LogP contribution in [-0.2, 0) is 0 Å². The number of hydrogen-bond donors (Lipinski definition) is 2. The molecule has 2 N–H and O–H groups in total. The molecule has 94 valence electrons. The largest absolute Gasteiger partial charge is 0.361 e. The quantitative estimate of drug-likeness (QED) is 0.736. The Bertz CT molecular complexity index is 212. The lowest BCUT2D eigenvalue weighted by Gasteiger charge is -2.26. The lowest BCUT2D eigenvalue weighted by atomic mass is 9.96. The molecule has 0 aromatic rings. The summed E-state index contributed by atoms with van der Waals surface area (Å²) in [5, 5.41) is 7.52. The van der Waals surface area contributed by atoms with Gasteiger partial charge in [0, 0.05) is 18.6 Å². The van der Waals surface area contributed by atoms with Gasteiger partial charge in [-0.2, -0.15) is 0 Å². The Morgan fingerprint density at radius 2 is 1.94 bits per heavy atom. The first-order valence-electron chi connectivity index (χ1n) is 6.30. The number of nitrogens with one attached hydrogen (secondary N) is 2. The first-order chi connectivity index (χ1) is 7.59. The molecule has 4 heteroatoms. The van der Waals surface area contributed by atoms with Gasteiger partial charge in [-0.25, -0.2) is 0 Å². The minimum Gasteiger partial charge on any atom is -0.361 e. The number of nitrogens with zero attached hydrogens (tertiary/aromatic N) is 1. The van der Waals surface area contributed by atoms with E-state index in [0.29, 0.717) is 12.1 Å². The van der Waals surface area contributed by atoms with E-state index in [1.54, 1.807) is 0 Å². The highest BCUT2D eigenvalue weighted by molar-refractivity contribution is 7.80. The van der Waals surface area contributed by atoms with Crippen LogP contribution in [0.4, 0.5) is 0 Å². The van der Waals surface area contributed by atoms with E-state index in [9.17, 15) is 0 Å². The molecule has 0 heterocycles. The van der Waals surface area contributed by atoms with Crippen LogP contribution in [0.1, 0.15) is 39.0 Å². The van der Waals surface area contributed by atoms with E-state index in [2.05, 4.69) is 36.6 Å². The van der Waals surface area contributed by atoms with E-state index in [4.69, 9.17) is 12.2 Å². The van der Waals surface area contributed by atoms with Gasteiger partial charge in [0.15, 0.2) is 5.11 Å². The summed E-state index contributed by atoms with van der Waals surface area (Å²) in [6, 6.07) is 1.11. The van der Waals surface area contributed by atoms with Crippen molar-refractivity contribution in [3.63, 3.8) is 0 Å². The van der Waals surface area contributed by atoms with Crippen molar-refractivity contribution >= 4 is 17.3 Å². The van der Waals surface area contributed by atoms with Crippen molar-refractivity contribution in [1.82, 2.24) is 15.5 Å². The van der Waals surface area contributed by atoms with Crippen LogP contribution in [0.15, 0.2) is 0 Å². The van der Waals surface area contributed by atoms with Gasteiger partial charge in [-0.3, -0.25) is 0 Å². The summed E-state index contributed by atoms with van der Waals surface area (Å²) in [6.07, 6.45) is 6.61. The SMILES string of the molecule is CC(CNC(=S)NC1CCCCC1)N(C)C. The first kappa shape index (κ1) is 13.7. The van der Waals surface area contributed by atoms with Crippen molar-refractivity contribution < 1.29 is 0 Å². The van der Waals surface area contributed by atoms with Crippen molar-refractivity contribution in [2.24, 2.45) is 0 Å². The van der Waals surface area contributed by atoms with E-state index >= 15 is 0 Å². The molecule has 0 saturated heterocycles. The van der Waals surface area contributed by atoms with Crippen LogP contribution in [0, 0.1) is 0 Å². The normalized spacial score (nSPS) is 19.5. The van der Waals surface area contributed by atoms with E-state index < -0.39 is 0 Å². The van der Waals surface area contributed by atoms with E-state index in [-0.39, 0.29) is 0 Å². The number of likely N-dealkylation sites (N-methyl/N-ethyl adjacent to an activating group) is 1. The third kappa shape index (κ3) is 5.12. The summed E-state index contributed by atoms with van der Waals surface area (Å²) in [6.45, 7) is 3.10. The zero-order chi connectivity index (χ0) is 12.0. The summed E-state index contributed by atoms with van der Waals surface area (Å²) < 4.78 is 0. The lowest BCUT2D eigenvalue weighted by molar-refractivity contribution is 0.312. The molecule has 1 aliphatic rings. The fourth-order valence-electron chi connectivity index (χ4n) is 1.91. The van der Waals surface area contributed by atoms with Crippen LogP contribution < -0.4 is 10.6 Å². The van der Waals surface area contributed by atoms with Crippen molar-refractivity contribution in [2.75, 3.05) is 20.6 Å². The summed E-state index contributed by atoms with van der Waals surface area (Å²) in [4.78, 5) is 2.19. The molecule has 0 aromatic heterocycles. The molecule has 0 aromatic carbocycles. The smallest absolute Gasteiger partial charge is 0.166 e. The van der Waals surface area contributed by atoms with Crippen molar-refractivity contribution in [1.29, 1.82) is 0 Å². The summed E-state index contributed by atoms with van der Waals surface area (Å²) in [5.74, 6) is 0. The summed E-state index contributed by atoms with van der Waals surface area (Å²) in [5.41, 5.74) is 0. The zero-order valence-electron chi connectivity index (χ0n) is 10.8. The summed E-state index contributed by atoms with van der Waals surface area (Å²) in [7, 11) is 4.17. The molecular weight excluding hydrogens is 218 g/mol. The highest BCUT2D eigenvalue weighted by Gasteiger charge is 2.14. The molecule has 0 radical (unpaired) electrons. The van der Waals surface area contributed by atoms with Gasteiger partial charge in [-0.05, 0) is 46.1 Å². The maximum absolute atomic E-state index is 5.30. The Hall–Kier alpha value is -0.350. The van der Waals surface area contributed by atoms with Crippen LogP contribution in [0.5, 0.6) is 0 Å². The molecule has 1 fully saturated rings. The van der Waals surface area contributed by atoms with Gasteiger partial charge in [-0.1, -0.05) is 19.3 Å². The Morgan fingerprint density at radius 1 is 1.31 bits per heavy atom. The Labute approximate surface area is 105 Å². The molecule has 1 atom stereocenters. The minimum absolute atomic E-state index is 0.506. The topological polar surface area (TPSA) is 27.3 Å². The van der Waals surface area contributed by atoms with Gasteiger partial charge in [-0.15, -0.1) is 0 Å². The second kappa shape index (κ2) is 7.07. The molecule has 1 rings (SSSR count). The van der Waals surface area contributed by atoms with Gasteiger partial charge in [0.05, 0.1) is 0 Å². The molecule has 3 nitrogen and oxygen atoms in total. The minimum atomic E-state index is 0.506. The van der Waals surface area contributed by atoms with Crippen LogP contribution in [0.25, 0.3) is 0 Å². The highest BCUT2D eigenvalue weighted by atomic mass is 32.1. The Morgan fingerprint density at radius 3 is 2.50 bits per heavy atom. The fourth-order valence-corrected chi connectivity index (χ4v) is 2.16. The highest BCUT2D eigenvalue weighted by Crippen LogP contribution is 2.17. The average Bonchev–Trinajstić information content (AvgIpc) is 2.27. The van der Waals surface area contributed by atoms with Gasteiger partial charge < -0.3 is 15.5 Å². The molecule has 0 spiro atoms. The molecule has 1 saturated carbocycles. The fraction of sp³-hybridized carbons (Fsp3) is 0.917. The molecule has 1 aliphatic carbocycles. The van der Waals surface area contributed by atoms with Crippen LogP contribution in [0.3, 0.4) is 0 Å². The third-order valence-electron chi connectivity index (χ3n) is 3.38. The van der Waals surface area contributed by atoms with Crippen LogP contribution in [-0.4, -0.2) is 42.7 Å². The molecular formula is C12H25N3S. The predicted octanol–water partition coefficient (Wildman–Crippen LogP) is 1.73. The first-order valence-corrected chi connectivity index (χ1v) is 6.71.